The second kappa shape index (κ2) is 4.28. The summed E-state index contributed by atoms with van der Waals surface area (Å²) in [6.07, 6.45) is 2.32. The van der Waals surface area contributed by atoms with Crippen LogP contribution in [-0.4, -0.2) is 23.9 Å². The lowest BCUT2D eigenvalue weighted by atomic mass is 10.0. The minimum Gasteiger partial charge on any atom is -0.339 e. The Morgan fingerprint density at radius 3 is 2.25 bits per heavy atom. The Bertz CT molecular complexity index is 376. The third kappa shape index (κ3) is 2.26. The Labute approximate surface area is 97.3 Å². The van der Waals surface area contributed by atoms with Crippen molar-refractivity contribution in [1.29, 1.82) is 0 Å². The summed E-state index contributed by atoms with van der Waals surface area (Å²) in [6.45, 7) is 4.32. The van der Waals surface area contributed by atoms with Crippen LogP contribution in [0.2, 0.25) is 0 Å². The first-order valence-corrected chi connectivity index (χ1v) is 5.96. The van der Waals surface area contributed by atoms with Crippen LogP contribution in [0.1, 0.15) is 48.5 Å². The highest BCUT2D eigenvalue weighted by Crippen LogP contribution is 2.26. The van der Waals surface area contributed by atoms with Gasteiger partial charge in [0.25, 0.3) is 5.91 Å². The number of carbonyl (C=O) groups is 1. The SMILES string of the molecule is CC(C)c1ccc(C(=O)N(C)C2CC2)cc1. The van der Waals surface area contributed by atoms with Crippen molar-refractivity contribution < 1.29 is 4.79 Å². The highest BCUT2D eigenvalue weighted by molar-refractivity contribution is 5.94. The summed E-state index contributed by atoms with van der Waals surface area (Å²) in [6, 6.07) is 8.47. The molecule has 2 rings (SSSR count). The van der Waals surface area contributed by atoms with Crippen molar-refractivity contribution in [2.75, 3.05) is 7.05 Å². The highest BCUT2D eigenvalue weighted by Gasteiger charge is 2.29. The molecule has 1 aliphatic rings. The zero-order valence-electron chi connectivity index (χ0n) is 10.2. The maximum absolute atomic E-state index is 12.0. The van der Waals surface area contributed by atoms with Gasteiger partial charge in [-0.3, -0.25) is 4.79 Å². The van der Waals surface area contributed by atoms with Gasteiger partial charge in [-0.2, -0.15) is 0 Å². The van der Waals surface area contributed by atoms with E-state index < -0.39 is 0 Å². The molecule has 0 atom stereocenters. The fourth-order valence-corrected chi connectivity index (χ4v) is 1.84. The molecule has 0 heterocycles. The first-order valence-electron chi connectivity index (χ1n) is 5.96. The van der Waals surface area contributed by atoms with Gasteiger partial charge in [-0.15, -0.1) is 0 Å². The Kier molecular flexibility index (Phi) is 2.99. The smallest absolute Gasteiger partial charge is 0.253 e. The predicted octanol–water partition coefficient (Wildman–Crippen LogP) is 3.04. The Hall–Kier alpha value is -1.31. The molecule has 0 bridgehead atoms. The average molecular weight is 217 g/mol. The van der Waals surface area contributed by atoms with Crippen LogP contribution in [0.15, 0.2) is 24.3 Å². The van der Waals surface area contributed by atoms with Crippen LogP contribution in [0, 0.1) is 0 Å². The van der Waals surface area contributed by atoms with Crippen LogP contribution in [0.3, 0.4) is 0 Å². The summed E-state index contributed by atoms with van der Waals surface area (Å²) in [5.74, 6) is 0.670. The van der Waals surface area contributed by atoms with Crippen molar-refractivity contribution in [2.24, 2.45) is 0 Å². The molecule has 0 aliphatic heterocycles. The van der Waals surface area contributed by atoms with Gasteiger partial charge in [-0.1, -0.05) is 26.0 Å². The summed E-state index contributed by atoms with van der Waals surface area (Å²) < 4.78 is 0. The monoisotopic (exact) mass is 217 g/mol. The lowest BCUT2D eigenvalue weighted by Gasteiger charge is -2.16. The fourth-order valence-electron chi connectivity index (χ4n) is 1.84. The lowest BCUT2D eigenvalue weighted by molar-refractivity contribution is 0.0785. The zero-order chi connectivity index (χ0) is 11.7. The maximum atomic E-state index is 12.0. The van der Waals surface area contributed by atoms with Gasteiger partial charge in [0.1, 0.15) is 0 Å². The first-order chi connectivity index (χ1) is 7.59. The molecule has 1 aromatic rings. The molecule has 0 saturated heterocycles. The molecule has 2 heteroatoms. The third-order valence-electron chi connectivity index (χ3n) is 3.24. The topological polar surface area (TPSA) is 20.3 Å². The molecule has 1 aliphatic carbocycles. The summed E-state index contributed by atoms with van der Waals surface area (Å²) >= 11 is 0. The number of benzene rings is 1. The van der Waals surface area contributed by atoms with Gasteiger partial charge in [-0.25, -0.2) is 0 Å². The second-order valence-electron chi connectivity index (χ2n) is 4.92. The summed E-state index contributed by atoms with van der Waals surface area (Å²) in [7, 11) is 1.90. The van der Waals surface area contributed by atoms with Crippen molar-refractivity contribution >= 4 is 5.91 Å². The molecule has 2 nitrogen and oxygen atoms in total. The summed E-state index contributed by atoms with van der Waals surface area (Å²) in [5.41, 5.74) is 2.09. The first kappa shape index (κ1) is 11.2. The van der Waals surface area contributed by atoms with Crippen LogP contribution in [0.5, 0.6) is 0 Å². The number of nitrogens with zero attached hydrogens (tertiary/aromatic N) is 1. The van der Waals surface area contributed by atoms with E-state index >= 15 is 0 Å². The largest absolute Gasteiger partial charge is 0.339 e. The molecule has 1 aromatic carbocycles. The molecule has 0 unspecified atom stereocenters. The van der Waals surface area contributed by atoms with Crippen molar-refractivity contribution in [2.45, 2.75) is 38.6 Å². The van der Waals surface area contributed by atoms with Gasteiger partial charge in [-0.05, 0) is 36.5 Å². The van der Waals surface area contributed by atoms with E-state index in [0.717, 1.165) is 18.4 Å². The minimum absolute atomic E-state index is 0.151. The van der Waals surface area contributed by atoms with E-state index in [1.54, 1.807) is 0 Å². The van der Waals surface area contributed by atoms with Crippen LogP contribution in [0.4, 0.5) is 0 Å². The molecule has 1 amide bonds. The Morgan fingerprint density at radius 1 is 1.25 bits per heavy atom. The van der Waals surface area contributed by atoms with Gasteiger partial charge >= 0.3 is 0 Å². The number of hydrogen-bond acceptors (Lipinski definition) is 1. The van der Waals surface area contributed by atoms with Crippen molar-refractivity contribution in [3.05, 3.63) is 35.4 Å². The molecular formula is C14H19NO. The van der Waals surface area contributed by atoms with Crippen molar-refractivity contribution in [3.63, 3.8) is 0 Å². The van der Waals surface area contributed by atoms with E-state index in [0.29, 0.717) is 12.0 Å². The quantitative estimate of drug-likeness (QED) is 0.762. The normalized spacial score (nSPS) is 15.2. The van der Waals surface area contributed by atoms with E-state index in [1.165, 1.54) is 5.56 Å². The van der Waals surface area contributed by atoms with Gasteiger partial charge in [0, 0.05) is 18.7 Å². The fraction of sp³-hybridized carbons (Fsp3) is 0.500. The standard InChI is InChI=1S/C14H19NO/c1-10(2)11-4-6-12(7-5-11)14(16)15(3)13-8-9-13/h4-7,10,13H,8-9H2,1-3H3. The van der Waals surface area contributed by atoms with Crippen LogP contribution >= 0.6 is 0 Å². The number of hydrogen-bond donors (Lipinski definition) is 0. The van der Waals surface area contributed by atoms with Gasteiger partial charge in [0.2, 0.25) is 0 Å². The lowest BCUT2D eigenvalue weighted by Crippen LogP contribution is -2.28. The Morgan fingerprint density at radius 2 is 1.81 bits per heavy atom. The predicted molar refractivity (Wildman–Crippen MR) is 65.6 cm³/mol. The molecule has 0 radical (unpaired) electrons. The van der Waals surface area contributed by atoms with Crippen molar-refractivity contribution in [3.8, 4) is 0 Å². The zero-order valence-corrected chi connectivity index (χ0v) is 10.2. The van der Waals surface area contributed by atoms with Crippen LogP contribution in [-0.2, 0) is 0 Å². The molecule has 0 spiro atoms. The highest BCUT2D eigenvalue weighted by atomic mass is 16.2. The average Bonchev–Trinajstić information content (AvgIpc) is 3.11. The van der Waals surface area contributed by atoms with E-state index in [2.05, 4.69) is 26.0 Å². The minimum atomic E-state index is 0.151. The molecule has 1 saturated carbocycles. The Balaban J connectivity index is 2.11. The molecular weight excluding hydrogens is 198 g/mol. The summed E-state index contributed by atoms with van der Waals surface area (Å²) in [5, 5.41) is 0. The molecule has 0 N–H and O–H groups in total. The molecule has 0 aromatic heterocycles. The molecule has 16 heavy (non-hydrogen) atoms. The molecule has 86 valence electrons. The number of rotatable bonds is 3. The van der Waals surface area contributed by atoms with Gasteiger partial charge in [0.05, 0.1) is 0 Å². The maximum Gasteiger partial charge on any atom is 0.253 e. The van der Waals surface area contributed by atoms with Crippen molar-refractivity contribution in [1.82, 2.24) is 4.90 Å². The van der Waals surface area contributed by atoms with E-state index in [-0.39, 0.29) is 5.91 Å². The second-order valence-corrected chi connectivity index (χ2v) is 4.92. The number of amides is 1. The summed E-state index contributed by atoms with van der Waals surface area (Å²) in [4.78, 5) is 13.9. The molecule has 1 fully saturated rings. The van der Waals surface area contributed by atoms with E-state index in [9.17, 15) is 4.79 Å². The van der Waals surface area contributed by atoms with E-state index in [4.69, 9.17) is 0 Å². The van der Waals surface area contributed by atoms with Crippen LogP contribution < -0.4 is 0 Å². The number of carbonyl (C=O) groups excluding carboxylic acids is 1. The van der Waals surface area contributed by atoms with Crippen LogP contribution in [0.25, 0.3) is 0 Å². The van der Waals surface area contributed by atoms with Gasteiger partial charge < -0.3 is 4.90 Å². The van der Waals surface area contributed by atoms with E-state index in [1.807, 2.05) is 24.1 Å². The third-order valence-corrected chi connectivity index (χ3v) is 3.24. The van der Waals surface area contributed by atoms with Gasteiger partial charge in [0.15, 0.2) is 0 Å².